The summed E-state index contributed by atoms with van der Waals surface area (Å²) in [6.45, 7) is 9.33. The molecule has 1 aliphatic rings. The molecule has 2 N–H and O–H groups in total. The van der Waals surface area contributed by atoms with Gasteiger partial charge in [0.15, 0.2) is 0 Å². The second-order valence-corrected chi connectivity index (χ2v) is 6.00. The molecular weight excluding hydrogens is 239 g/mol. The molecule has 1 heterocycles. The summed E-state index contributed by atoms with van der Waals surface area (Å²) in [5, 5.41) is 0. The standard InChI is InChI=1S/C16H25FN2/c1-10-6-5-7-19(13(10)4)16-8-11(2)15(17)9-14(16)12(3)18/h8-10,12-13H,5-7,18H2,1-4H3/t10?,12-,13?/m0/s1. The highest BCUT2D eigenvalue weighted by Gasteiger charge is 2.27. The van der Waals surface area contributed by atoms with Crippen LogP contribution in [0.4, 0.5) is 10.1 Å². The Labute approximate surface area is 115 Å². The molecule has 0 radical (unpaired) electrons. The van der Waals surface area contributed by atoms with Crippen LogP contribution in [0.1, 0.15) is 50.8 Å². The Morgan fingerprint density at radius 1 is 1.37 bits per heavy atom. The van der Waals surface area contributed by atoms with Gasteiger partial charge in [-0.05, 0) is 62.8 Å². The van der Waals surface area contributed by atoms with Crippen LogP contribution >= 0.6 is 0 Å². The van der Waals surface area contributed by atoms with Gasteiger partial charge < -0.3 is 10.6 Å². The number of rotatable bonds is 2. The van der Waals surface area contributed by atoms with Crippen molar-refractivity contribution in [2.24, 2.45) is 11.7 Å². The maximum absolute atomic E-state index is 13.8. The highest BCUT2D eigenvalue weighted by molar-refractivity contribution is 5.58. The fraction of sp³-hybridized carbons (Fsp3) is 0.625. The molecular formula is C16H25FN2. The summed E-state index contributed by atoms with van der Waals surface area (Å²) >= 11 is 0. The fourth-order valence-electron chi connectivity index (χ4n) is 2.97. The smallest absolute Gasteiger partial charge is 0.126 e. The van der Waals surface area contributed by atoms with Crippen LogP contribution in [0.15, 0.2) is 12.1 Å². The lowest BCUT2D eigenvalue weighted by Crippen LogP contribution is -2.43. The second-order valence-electron chi connectivity index (χ2n) is 6.00. The van der Waals surface area contributed by atoms with Crippen molar-refractivity contribution in [3.05, 3.63) is 29.1 Å². The first-order valence-electron chi connectivity index (χ1n) is 7.24. The van der Waals surface area contributed by atoms with Gasteiger partial charge in [0.25, 0.3) is 0 Å². The lowest BCUT2D eigenvalue weighted by Gasteiger charge is -2.41. The van der Waals surface area contributed by atoms with Crippen LogP contribution in [-0.2, 0) is 0 Å². The fourth-order valence-corrected chi connectivity index (χ4v) is 2.97. The minimum Gasteiger partial charge on any atom is -0.368 e. The zero-order chi connectivity index (χ0) is 14.2. The van der Waals surface area contributed by atoms with Crippen molar-refractivity contribution in [2.45, 2.75) is 52.6 Å². The normalized spacial score (nSPS) is 25.5. The van der Waals surface area contributed by atoms with E-state index in [0.29, 0.717) is 17.5 Å². The molecule has 0 aliphatic carbocycles. The molecule has 3 heteroatoms. The van der Waals surface area contributed by atoms with Crippen molar-refractivity contribution >= 4 is 5.69 Å². The van der Waals surface area contributed by atoms with Gasteiger partial charge in [-0.1, -0.05) is 6.92 Å². The summed E-state index contributed by atoms with van der Waals surface area (Å²) in [5.74, 6) is 0.508. The van der Waals surface area contributed by atoms with Gasteiger partial charge in [-0.2, -0.15) is 0 Å². The molecule has 2 unspecified atom stereocenters. The van der Waals surface area contributed by atoms with E-state index in [4.69, 9.17) is 5.73 Å². The number of anilines is 1. The zero-order valence-corrected chi connectivity index (χ0v) is 12.4. The average Bonchev–Trinajstić information content (AvgIpc) is 2.35. The number of hydrogen-bond acceptors (Lipinski definition) is 2. The molecule has 1 aromatic carbocycles. The third-order valence-corrected chi connectivity index (χ3v) is 4.48. The molecule has 106 valence electrons. The first-order valence-corrected chi connectivity index (χ1v) is 7.24. The summed E-state index contributed by atoms with van der Waals surface area (Å²) in [7, 11) is 0. The first-order chi connectivity index (χ1) is 8.91. The summed E-state index contributed by atoms with van der Waals surface area (Å²) in [5.41, 5.74) is 8.76. The maximum Gasteiger partial charge on any atom is 0.126 e. The Hall–Kier alpha value is -1.09. The van der Waals surface area contributed by atoms with Gasteiger partial charge in [-0.25, -0.2) is 4.39 Å². The van der Waals surface area contributed by atoms with Crippen molar-refractivity contribution < 1.29 is 4.39 Å². The Bertz CT molecular complexity index is 456. The van der Waals surface area contributed by atoms with Crippen LogP contribution in [0, 0.1) is 18.7 Å². The molecule has 1 fully saturated rings. The van der Waals surface area contributed by atoms with Gasteiger partial charge in [-0.3, -0.25) is 0 Å². The number of halogens is 1. The van der Waals surface area contributed by atoms with Gasteiger partial charge in [0.05, 0.1) is 0 Å². The van der Waals surface area contributed by atoms with Crippen molar-refractivity contribution in [2.75, 3.05) is 11.4 Å². The number of piperidine rings is 1. The zero-order valence-electron chi connectivity index (χ0n) is 12.4. The average molecular weight is 264 g/mol. The molecule has 1 aliphatic heterocycles. The van der Waals surface area contributed by atoms with Crippen LogP contribution in [-0.4, -0.2) is 12.6 Å². The molecule has 2 rings (SSSR count). The van der Waals surface area contributed by atoms with Crippen molar-refractivity contribution in [1.29, 1.82) is 0 Å². The largest absolute Gasteiger partial charge is 0.368 e. The Balaban J connectivity index is 2.45. The molecule has 0 amide bonds. The van der Waals surface area contributed by atoms with Crippen molar-refractivity contribution in [3.63, 3.8) is 0 Å². The lowest BCUT2D eigenvalue weighted by molar-refractivity contribution is 0.362. The third-order valence-electron chi connectivity index (χ3n) is 4.48. The molecule has 1 aromatic rings. The first kappa shape index (κ1) is 14.3. The van der Waals surface area contributed by atoms with Crippen molar-refractivity contribution in [1.82, 2.24) is 0 Å². The number of benzene rings is 1. The molecule has 0 saturated carbocycles. The van der Waals surface area contributed by atoms with Crippen LogP contribution in [0.3, 0.4) is 0 Å². The van der Waals surface area contributed by atoms with E-state index >= 15 is 0 Å². The highest BCUT2D eigenvalue weighted by atomic mass is 19.1. The molecule has 2 nitrogen and oxygen atoms in total. The van der Waals surface area contributed by atoms with E-state index in [9.17, 15) is 4.39 Å². The Kier molecular flexibility index (Phi) is 4.14. The predicted molar refractivity (Wildman–Crippen MR) is 78.9 cm³/mol. The molecule has 19 heavy (non-hydrogen) atoms. The number of nitrogens with two attached hydrogens (primary N) is 1. The van der Waals surface area contributed by atoms with Crippen LogP contribution < -0.4 is 10.6 Å². The SMILES string of the molecule is Cc1cc(N2CCCC(C)C2C)c([C@H](C)N)cc1F. The molecule has 3 atom stereocenters. The predicted octanol–water partition coefficient (Wildman–Crippen LogP) is 3.78. The van der Waals surface area contributed by atoms with E-state index in [1.54, 1.807) is 6.07 Å². The van der Waals surface area contributed by atoms with Crippen LogP contribution in [0.5, 0.6) is 0 Å². The van der Waals surface area contributed by atoms with Gasteiger partial charge in [0.2, 0.25) is 0 Å². The summed E-state index contributed by atoms with van der Waals surface area (Å²) in [6, 6.07) is 3.91. The van der Waals surface area contributed by atoms with Gasteiger partial charge in [-0.15, -0.1) is 0 Å². The van der Waals surface area contributed by atoms with Gasteiger partial charge in [0.1, 0.15) is 5.82 Å². The Morgan fingerprint density at radius 2 is 2.05 bits per heavy atom. The van der Waals surface area contributed by atoms with E-state index in [-0.39, 0.29) is 11.9 Å². The topological polar surface area (TPSA) is 29.3 Å². The minimum atomic E-state index is -0.159. The monoisotopic (exact) mass is 264 g/mol. The van der Waals surface area contributed by atoms with E-state index in [2.05, 4.69) is 18.7 Å². The summed E-state index contributed by atoms with van der Waals surface area (Å²) in [4.78, 5) is 2.40. The minimum absolute atomic E-state index is 0.144. The number of nitrogens with zero attached hydrogens (tertiary/aromatic N) is 1. The van der Waals surface area contributed by atoms with Gasteiger partial charge >= 0.3 is 0 Å². The quantitative estimate of drug-likeness (QED) is 0.881. The van der Waals surface area contributed by atoms with Crippen LogP contribution in [0.25, 0.3) is 0 Å². The summed E-state index contributed by atoms with van der Waals surface area (Å²) < 4.78 is 13.8. The Morgan fingerprint density at radius 3 is 2.68 bits per heavy atom. The number of aryl methyl sites for hydroxylation is 1. The van der Waals surface area contributed by atoms with E-state index in [1.807, 2.05) is 19.9 Å². The maximum atomic E-state index is 13.8. The molecule has 0 spiro atoms. The highest BCUT2D eigenvalue weighted by Crippen LogP contribution is 2.34. The van der Waals surface area contributed by atoms with Crippen LogP contribution in [0.2, 0.25) is 0 Å². The second kappa shape index (κ2) is 5.49. The molecule has 1 saturated heterocycles. The van der Waals surface area contributed by atoms with E-state index in [1.165, 1.54) is 12.8 Å². The molecule has 0 aromatic heterocycles. The summed E-state index contributed by atoms with van der Waals surface area (Å²) in [6.07, 6.45) is 2.46. The third kappa shape index (κ3) is 2.76. The number of hydrogen-bond donors (Lipinski definition) is 1. The van der Waals surface area contributed by atoms with E-state index in [0.717, 1.165) is 17.8 Å². The van der Waals surface area contributed by atoms with E-state index < -0.39 is 0 Å². The lowest BCUT2D eigenvalue weighted by atomic mass is 9.90. The van der Waals surface area contributed by atoms with Gasteiger partial charge in [0, 0.05) is 24.3 Å². The molecule has 0 bridgehead atoms. The van der Waals surface area contributed by atoms with Crippen molar-refractivity contribution in [3.8, 4) is 0 Å².